The molecular weight excluding hydrogens is 724 g/mol. The quantitative estimate of drug-likeness (QED) is 0.324. The van der Waals surface area contributed by atoms with Gasteiger partial charge in [0.1, 0.15) is 22.3 Å². The number of amides is 3. The van der Waals surface area contributed by atoms with E-state index in [1.807, 2.05) is 20.8 Å². The third-order valence-corrected chi connectivity index (χ3v) is 7.76. The Kier molecular flexibility index (Phi) is 18.8. The number of aromatic carboxylic acids is 1. The van der Waals surface area contributed by atoms with Gasteiger partial charge in [-0.3, -0.25) is 4.79 Å². The molecule has 2 aromatic rings. The molecule has 2 saturated heterocycles. The van der Waals surface area contributed by atoms with Crippen LogP contribution in [-0.4, -0.2) is 112 Å². The third-order valence-electron chi connectivity index (χ3n) is 7.76. The molecule has 310 valence electrons. The number of nitriles is 2. The zero-order valence-corrected chi connectivity index (χ0v) is 34.3. The van der Waals surface area contributed by atoms with Crippen LogP contribution in [0, 0.1) is 22.7 Å². The number of pyridine rings is 2. The van der Waals surface area contributed by atoms with Crippen LogP contribution in [0.2, 0.25) is 0 Å². The van der Waals surface area contributed by atoms with Crippen LogP contribution >= 0.6 is 0 Å². The van der Waals surface area contributed by atoms with Gasteiger partial charge in [-0.15, -0.1) is 0 Å². The average molecular weight is 788 g/mol. The third kappa shape index (κ3) is 17.2. The largest absolute Gasteiger partial charge is 0.481 e. The molecule has 56 heavy (non-hydrogen) atoms. The van der Waals surface area contributed by atoms with E-state index >= 15 is 0 Å². The highest BCUT2D eigenvalue weighted by Crippen LogP contribution is 2.25. The molecule has 0 bridgehead atoms. The normalized spacial score (nSPS) is 15.6. The Morgan fingerprint density at radius 2 is 1.25 bits per heavy atom. The van der Waals surface area contributed by atoms with Gasteiger partial charge in [0.2, 0.25) is 11.8 Å². The number of carboxylic acid groups (broad SMARTS) is 1. The van der Waals surface area contributed by atoms with Crippen LogP contribution in [0.3, 0.4) is 0 Å². The summed E-state index contributed by atoms with van der Waals surface area (Å²) >= 11 is 0. The number of nitrogens with two attached hydrogens (primary N) is 1. The van der Waals surface area contributed by atoms with E-state index in [9.17, 15) is 24.4 Å². The van der Waals surface area contributed by atoms with E-state index in [1.54, 1.807) is 43.6 Å². The molecule has 2 fully saturated rings. The molecule has 0 spiro atoms. The van der Waals surface area contributed by atoms with E-state index in [4.69, 9.17) is 37.8 Å². The van der Waals surface area contributed by atoms with E-state index in [0.29, 0.717) is 76.1 Å². The average Bonchev–Trinajstić information content (AvgIpc) is 3.18. The number of ether oxygens (including phenoxy) is 4. The van der Waals surface area contributed by atoms with Crippen molar-refractivity contribution in [2.75, 3.05) is 40.4 Å². The highest BCUT2D eigenvalue weighted by Gasteiger charge is 2.39. The molecule has 2 aliphatic rings. The van der Waals surface area contributed by atoms with Gasteiger partial charge in [-0.1, -0.05) is 21.2 Å². The summed E-state index contributed by atoms with van der Waals surface area (Å²) in [6.45, 7) is 14.8. The van der Waals surface area contributed by atoms with Crippen molar-refractivity contribution in [2.24, 2.45) is 5.73 Å². The van der Waals surface area contributed by atoms with Gasteiger partial charge in [0, 0.05) is 71.9 Å². The SMILES string of the molecule is CC(C)(C)OC(=O)N1CCC(N)(C#N)CC1.COc1cc(C(=O)NC2(C#N)CCN(C(=O)OC(C)(C)C)CC2)ccn1.COc1cc(C(=O)O)ccn1.[2H]CC.[3H]C. The predicted molar refractivity (Wildman–Crippen MR) is 209 cm³/mol. The fourth-order valence-corrected chi connectivity index (χ4v) is 4.79. The first kappa shape index (κ1) is 46.5. The molecular formula is C39H60N8O9. The van der Waals surface area contributed by atoms with Gasteiger partial charge in [0.25, 0.3) is 5.91 Å². The molecule has 4 N–H and O–H groups in total. The maximum Gasteiger partial charge on any atom is 0.410 e. The lowest BCUT2D eigenvalue weighted by Crippen LogP contribution is -2.55. The molecule has 3 amide bonds. The lowest BCUT2D eigenvalue weighted by Gasteiger charge is -2.38. The lowest BCUT2D eigenvalue weighted by molar-refractivity contribution is 0.0169. The molecule has 0 aromatic carbocycles. The first-order valence-electron chi connectivity index (χ1n) is 19.2. The second-order valence-corrected chi connectivity index (χ2v) is 14.3. The lowest BCUT2D eigenvalue weighted by atomic mass is 9.88. The molecule has 17 nitrogen and oxygen atoms in total. The van der Waals surface area contributed by atoms with Crippen LogP contribution in [0.15, 0.2) is 36.7 Å². The van der Waals surface area contributed by atoms with Crippen molar-refractivity contribution in [3.63, 3.8) is 0 Å². The molecule has 4 rings (SSSR count). The summed E-state index contributed by atoms with van der Waals surface area (Å²) in [4.78, 5) is 57.6. The molecule has 0 radical (unpaired) electrons. The van der Waals surface area contributed by atoms with Gasteiger partial charge in [-0.05, 0) is 66.5 Å². The highest BCUT2D eigenvalue weighted by molar-refractivity contribution is 5.95. The topological polar surface area (TPSA) is 243 Å². The van der Waals surface area contributed by atoms with Crippen LogP contribution in [0.1, 0.15) is 112 Å². The van der Waals surface area contributed by atoms with Crippen molar-refractivity contribution in [3.8, 4) is 23.9 Å². The van der Waals surface area contributed by atoms with Crippen molar-refractivity contribution >= 4 is 24.1 Å². The molecule has 2 aromatic heterocycles. The molecule has 0 atom stereocenters. The number of carboxylic acids is 1. The monoisotopic (exact) mass is 787 g/mol. The Hall–Kier alpha value is -5.68. The van der Waals surface area contributed by atoms with Crippen LogP contribution < -0.4 is 20.5 Å². The molecule has 0 aliphatic carbocycles. The maximum absolute atomic E-state index is 12.5. The van der Waals surface area contributed by atoms with Gasteiger partial charge in [0.05, 0.1) is 31.9 Å². The van der Waals surface area contributed by atoms with Crippen molar-refractivity contribution in [1.29, 1.82) is 10.5 Å². The van der Waals surface area contributed by atoms with Crippen LogP contribution in [0.4, 0.5) is 9.59 Å². The number of methoxy groups -OCH3 is 2. The fourth-order valence-electron chi connectivity index (χ4n) is 4.79. The van der Waals surface area contributed by atoms with Crippen molar-refractivity contribution in [2.45, 2.75) is 111 Å². The molecule has 2 aliphatic heterocycles. The first-order chi connectivity index (χ1) is 27.1. The Balaban J connectivity index is 0.000000862. The fraction of sp³-hybridized carbons (Fsp3) is 0.590. The number of hydrogen-bond acceptors (Lipinski definition) is 13. The summed E-state index contributed by atoms with van der Waals surface area (Å²) < 4.78 is 32.3. The zero-order chi connectivity index (χ0) is 44.7. The number of nitrogens with one attached hydrogen (secondary N) is 1. The minimum Gasteiger partial charge on any atom is -0.481 e. The van der Waals surface area contributed by atoms with Crippen LogP contribution in [0.25, 0.3) is 0 Å². The number of carbonyl (C=O) groups excluding carboxylic acids is 3. The molecule has 4 heterocycles. The number of carbonyl (C=O) groups is 4. The van der Waals surface area contributed by atoms with E-state index in [1.165, 1.54) is 52.2 Å². The number of hydrogen-bond donors (Lipinski definition) is 3. The Bertz CT molecular complexity index is 1690. The number of rotatable bonds is 5. The highest BCUT2D eigenvalue weighted by atomic mass is 16.6. The Labute approximate surface area is 333 Å². The van der Waals surface area contributed by atoms with E-state index < -0.39 is 34.3 Å². The minimum absolute atomic E-state index is 0.178. The number of aromatic nitrogens is 2. The number of piperidine rings is 2. The number of likely N-dealkylation sites (tertiary alicyclic amines) is 2. The van der Waals surface area contributed by atoms with E-state index in [-0.39, 0.29) is 17.6 Å². The van der Waals surface area contributed by atoms with Crippen molar-refractivity contribution in [3.05, 3.63) is 47.8 Å². The Morgan fingerprint density at radius 1 is 0.857 bits per heavy atom. The van der Waals surface area contributed by atoms with Crippen molar-refractivity contribution in [1.82, 2.24) is 25.1 Å². The molecule has 17 heteroatoms. The predicted octanol–water partition coefficient (Wildman–Crippen LogP) is 5.80. The van der Waals surface area contributed by atoms with Crippen LogP contribution in [-0.2, 0) is 9.47 Å². The van der Waals surface area contributed by atoms with Gasteiger partial charge in [-0.2, -0.15) is 10.5 Å². The standard InChI is InChI=1S/C18H24N4O4.C11H19N3O2.C7H7NO3.C2H6.CH4/c1-17(2,3)26-16(24)22-9-6-18(12-19,7-10-22)21-15(23)13-5-8-20-14(11-13)25-4;1-10(2,3)16-9(15)14-6-4-11(13,8-12)5-7-14;1-11-6-4-5(7(9)10)2-3-8-6;1-2;/h5,8,11H,6-7,9-10H2,1-4H3,(H,21,23);4-7,13H2,1-3H3;2-4H,1H3,(H,9,10);1-2H3;1H4/i;;;1D;1T. The second-order valence-electron chi connectivity index (χ2n) is 14.3. The summed E-state index contributed by atoms with van der Waals surface area (Å²) in [5, 5.41) is 29.8. The van der Waals surface area contributed by atoms with Gasteiger partial charge >= 0.3 is 18.2 Å². The summed E-state index contributed by atoms with van der Waals surface area (Å²) in [6.07, 6.45) is 3.79. The summed E-state index contributed by atoms with van der Waals surface area (Å²) in [6, 6.07) is 10.1. The Morgan fingerprint density at radius 3 is 1.61 bits per heavy atom. The minimum atomic E-state index is -1.02. The summed E-state index contributed by atoms with van der Waals surface area (Å²) in [5.74, 6) is -0.725. The van der Waals surface area contributed by atoms with Gasteiger partial charge in [-0.25, -0.2) is 24.4 Å². The van der Waals surface area contributed by atoms with E-state index in [2.05, 4.69) is 27.4 Å². The van der Waals surface area contributed by atoms with E-state index in [0.717, 1.165) is 0 Å². The van der Waals surface area contributed by atoms with Crippen LogP contribution in [0.5, 0.6) is 11.8 Å². The smallest absolute Gasteiger partial charge is 0.410 e. The summed E-state index contributed by atoms with van der Waals surface area (Å²) in [5.41, 5.74) is 3.49. The molecule has 0 saturated carbocycles. The van der Waals surface area contributed by atoms with Gasteiger partial charge in [0.15, 0.2) is 0 Å². The first-order valence-corrected chi connectivity index (χ1v) is 17.5. The summed E-state index contributed by atoms with van der Waals surface area (Å²) in [7, 11) is 4.15. The zero-order valence-electron chi connectivity index (χ0n) is 36.3. The van der Waals surface area contributed by atoms with Crippen molar-refractivity contribution < 1.29 is 46.0 Å². The van der Waals surface area contributed by atoms with Gasteiger partial charge < -0.3 is 44.9 Å². The second kappa shape index (κ2) is 22.6. The number of nitrogens with zero attached hydrogens (tertiary/aromatic N) is 6. The maximum atomic E-state index is 12.5. The molecule has 0 unspecified atom stereocenters.